The van der Waals surface area contributed by atoms with Crippen LogP contribution in [0.15, 0.2) is 0 Å². The Labute approximate surface area is 62.9 Å². The van der Waals surface area contributed by atoms with Crippen molar-refractivity contribution < 1.29 is 5.02 Å². The lowest BCUT2D eigenvalue weighted by molar-refractivity contribution is 0.331. The zero-order chi connectivity index (χ0) is 6.97. The van der Waals surface area contributed by atoms with Crippen LogP contribution in [-0.2, 0) is 5.02 Å². The Morgan fingerprint density at radius 3 is 1.60 bits per heavy atom. The Morgan fingerprint density at radius 1 is 0.900 bits per heavy atom. The molecule has 2 aliphatic heterocycles. The summed E-state index contributed by atoms with van der Waals surface area (Å²) in [4.78, 5) is 0. The molecule has 2 heterocycles. The van der Waals surface area contributed by atoms with E-state index in [0.29, 0.717) is 11.6 Å². The lowest BCUT2D eigenvalue weighted by Crippen LogP contribution is -2.33. The van der Waals surface area contributed by atoms with Crippen molar-refractivity contribution in [3.05, 3.63) is 0 Å². The minimum Gasteiger partial charge on any atom is -0.320 e. The molecule has 2 bridgehead atoms. The van der Waals surface area contributed by atoms with Crippen molar-refractivity contribution in [2.45, 2.75) is 50.2 Å². The second-order valence-electron chi connectivity index (χ2n) is 3.85. The molecule has 55 valence electrons. The molecule has 0 amide bonds. The molecular weight excluding hydrogens is 123 g/mol. The highest BCUT2D eigenvalue weighted by Gasteiger charge is 2.40. The third-order valence-corrected chi connectivity index (χ3v) is 3.23. The summed E-state index contributed by atoms with van der Waals surface area (Å²) in [6.07, 6.45) is 7.56. The van der Waals surface area contributed by atoms with Crippen molar-refractivity contribution in [2.24, 2.45) is 0 Å². The van der Waals surface area contributed by atoms with Gasteiger partial charge in [-0.1, -0.05) is 38.5 Å². The molecule has 0 unspecified atom stereocenters. The molecule has 10 heavy (non-hydrogen) atoms. The van der Waals surface area contributed by atoms with Gasteiger partial charge >= 0.3 is 6.92 Å². The van der Waals surface area contributed by atoms with E-state index >= 15 is 0 Å². The Balaban J connectivity index is 2.05. The number of hydrogen-bond acceptors (Lipinski definition) is 0. The highest BCUT2D eigenvalue weighted by atomic mass is 16.2. The highest BCUT2D eigenvalue weighted by molar-refractivity contribution is 6.54. The van der Waals surface area contributed by atoms with Gasteiger partial charge in [0.2, 0.25) is 0 Å². The summed E-state index contributed by atoms with van der Waals surface area (Å²) in [7, 11) is 0. The van der Waals surface area contributed by atoms with Crippen molar-refractivity contribution in [2.75, 3.05) is 0 Å². The number of fused-ring (bicyclic) bond motifs is 2. The zero-order valence-corrected chi connectivity index (χ0v) is 6.38. The van der Waals surface area contributed by atoms with E-state index in [0.717, 1.165) is 0 Å². The van der Waals surface area contributed by atoms with E-state index in [9.17, 15) is 5.02 Å². The van der Waals surface area contributed by atoms with E-state index < -0.39 is 0 Å². The van der Waals surface area contributed by atoms with Crippen LogP contribution in [0.4, 0.5) is 0 Å². The van der Waals surface area contributed by atoms with Gasteiger partial charge in [0.15, 0.2) is 0 Å². The summed E-state index contributed by atoms with van der Waals surface area (Å²) in [5, 5.41) is 11.5. The maximum Gasteiger partial charge on any atom is 0.344 e. The van der Waals surface area contributed by atoms with Gasteiger partial charge < -0.3 is 5.02 Å². The molecule has 1 nitrogen and oxygen atoms in total. The van der Waals surface area contributed by atoms with Crippen molar-refractivity contribution in [3.8, 4) is 0 Å². The molecule has 0 saturated carbocycles. The monoisotopic (exact) mass is 137 g/mol. The molecule has 2 heteroatoms. The maximum atomic E-state index is 11.5. The highest BCUT2D eigenvalue weighted by Crippen LogP contribution is 2.45. The average molecular weight is 137 g/mol. The molecule has 0 aromatic heterocycles. The van der Waals surface area contributed by atoms with E-state index in [4.69, 9.17) is 0 Å². The van der Waals surface area contributed by atoms with Gasteiger partial charge in [-0.25, -0.2) is 0 Å². The fourth-order valence-corrected chi connectivity index (χ4v) is 2.62. The van der Waals surface area contributed by atoms with E-state index in [1.165, 1.54) is 38.5 Å². The second-order valence-corrected chi connectivity index (χ2v) is 3.85. The third kappa shape index (κ3) is 0.988. The smallest absolute Gasteiger partial charge is 0.320 e. The van der Waals surface area contributed by atoms with Crippen LogP contribution in [0.1, 0.15) is 38.5 Å². The standard InChI is InChI=1S/C8H14BO/c10-9-7-3-1-4-8(9)6-2-5-7/h7-8H,1-6H2. The summed E-state index contributed by atoms with van der Waals surface area (Å²) >= 11 is 0. The average Bonchev–Trinajstić information content (AvgIpc) is 1.86. The maximum absolute atomic E-state index is 11.5. The quantitative estimate of drug-likeness (QED) is 0.457. The molecule has 0 spiro atoms. The largest absolute Gasteiger partial charge is 0.344 e. The van der Waals surface area contributed by atoms with Crippen molar-refractivity contribution >= 4 is 6.92 Å². The molecule has 1 radical (unpaired) electrons. The van der Waals surface area contributed by atoms with Gasteiger partial charge in [-0.2, -0.15) is 0 Å². The minimum absolute atomic E-state index is 0.178. The molecule has 2 saturated heterocycles. The predicted molar refractivity (Wildman–Crippen MR) is 41.6 cm³/mol. The molecule has 0 aliphatic carbocycles. The first-order valence-electron chi connectivity index (χ1n) is 4.54. The van der Waals surface area contributed by atoms with Crippen LogP contribution in [0.25, 0.3) is 0 Å². The van der Waals surface area contributed by atoms with Gasteiger partial charge in [0.1, 0.15) is 0 Å². The van der Waals surface area contributed by atoms with E-state index in [-0.39, 0.29) is 6.92 Å². The van der Waals surface area contributed by atoms with Crippen molar-refractivity contribution in [1.29, 1.82) is 0 Å². The molecule has 2 fully saturated rings. The van der Waals surface area contributed by atoms with Gasteiger partial charge in [-0.3, -0.25) is 0 Å². The fraction of sp³-hybridized carbons (Fsp3) is 1.00. The minimum atomic E-state index is -0.178. The van der Waals surface area contributed by atoms with E-state index in [2.05, 4.69) is 0 Å². The first kappa shape index (κ1) is 6.72. The molecule has 0 aromatic carbocycles. The summed E-state index contributed by atoms with van der Waals surface area (Å²) in [6, 6.07) is 0. The number of rotatable bonds is 0. The fourth-order valence-electron chi connectivity index (χ4n) is 2.62. The van der Waals surface area contributed by atoms with Crippen LogP contribution in [0, 0.1) is 0 Å². The predicted octanol–water partition coefficient (Wildman–Crippen LogP) is 2.52. The third-order valence-electron chi connectivity index (χ3n) is 3.23. The van der Waals surface area contributed by atoms with Gasteiger partial charge in [0, 0.05) is 0 Å². The van der Waals surface area contributed by atoms with Crippen molar-refractivity contribution in [1.82, 2.24) is 0 Å². The Morgan fingerprint density at radius 2 is 1.30 bits per heavy atom. The Bertz CT molecular complexity index is 104. The second kappa shape index (κ2) is 2.57. The molecule has 2 rings (SSSR count). The first-order valence-corrected chi connectivity index (χ1v) is 4.54. The summed E-state index contributed by atoms with van der Waals surface area (Å²) in [5.74, 6) is 1.12. The molecule has 0 N–H and O–H groups in total. The lowest BCUT2D eigenvalue weighted by Gasteiger charge is -2.35. The first-order chi connectivity index (χ1) is 4.88. The van der Waals surface area contributed by atoms with Crippen LogP contribution in [0.5, 0.6) is 0 Å². The van der Waals surface area contributed by atoms with Crippen LogP contribution in [-0.4, -0.2) is 6.92 Å². The van der Waals surface area contributed by atoms with Gasteiger partial charge in [0.05, 0.1) is 0 Å². The van der Waals surface area contributed by atoms with E-state index in [1.54, 1.807) is 0 Å². The van der Waals surface area contributed by atoms with Crippen LogP contribution in [0.3, 0.4) is 0 Å². The van der Waals surface area contributed by atoms with E-state index in [1.807, 2.05) is 0 Å². The molecular formula is C8H14BO. The summed E-state index contributed by atoms with van der Waals surface area (Å²) in [5.41, 5.74) is 0. The summed E-state index contributed by atoms with van der Waals surface area (Å²) < 4.78 is 0. The molecule has 2 aliphatic rings. The summed E-state index contributed by atoms with van der Waals surface area (Å²) in [6.45, 7) is -0.178. The molecule has 0 aromatic rings. The number of hydrogen-bond donors (Lipinski definition) is 0. The Hall–Kier alpha value is 0.0249. The lowest BCUT2D eigenvalue weighted by atomic mass is 9.38. The van der Waals surface area contributed by atoms with Crippen LogP contribution >= 0.6 is 0 Å². The normalized spacial score (nSPS) is 39.9. The van der Waals surface area contributed by atoms with Crippen LogP contribution in [0.2, 0.25) is 11.6 Å². The SMILES string of the molecule is [O]B1C2CCCC1CCC2. The van der Waals surface area contributed by atoms with Crippen molar-refractivity contribution in [3.63, 3.8) is 0 Å². The topological polar surface area (TPSA) is 19.9 Å². The Kier molecular flexibility index (Phi) is 1.73. The van der Waals surface area contributed by atoms with Crippen LogP contribution < -0.4 is 0 Å². The van der Waals surface area contributed by atoms with Gasteiger partial charge in [0.25, 0.3) is 0 Å². The van der Waals surface area contributed by atoms with Gasteiger partial charge in [-0.05, 0) is 11.6 Å². The zero-order valence-electron chi connectivity index (χ0n) is 6.38. The molecule has 0 atom stereocenters. The van der Waals surface area contributed by atoms with Gasteiger partial charge in [-0.15, -0.1) is 0 Å².